The van der Waals surface area contributed by atoms with Crippen molar-refractivity contribution >= 4 is 0 Å². The van der Waals surface area contributed by atoms with Gasteiger partial charge in [0.2, 0.25) is 0 Å². The minimum absolute atomic E-state index is 0.513. The topological polar surface area (TPSA) is 29.5 Å². The lowest BCUT2D eigenvalue weighted by Crippen LogP contribution is -2.20. The van der Waals surface area contributed by atoms with Crippen LogP contribution in [0.15, 0.2) is 47.1 Å². The zero-order valence-electron chi connectivity index (χ0n) is 12.0. The molecule has 0 heterocycles. The molecular formula is C17H24O2. The second kappa shape index (κ2) is 6.36. The molecule has 0 aromatic carbocycles. The van der Waals surface area contributed by atoms with E-state index in [0.717, 1.165) is 29.9 Å². The van der Waals surface area contributed by atoms with Crippen molar-refractivity contribution in [3.63, 3.8) is 0 Å². The van der Waals surface area contributed by atoms with Crippen molar-refractivity contribution in [3.05, 3.63) is 47.1 Å². The molecule has 0 radical (unpaired) electrons. The molecule has 19 heavy (non-hydrogen) atoms. The van der Waals surface area contributed by atoms with Gasteiger partial charge in [0.1, 0.15) is 0 Å². The highest BCUT2D eigenvalue weighted by atomic mass is 16.6. The molecule has 0 bridgehead atoms. The second-order valence-corrected chi connectivity index (χ2v) is 5.34. The van der Waals surface area contributed by atoms with Crippen LogP contribution in [0.1, 0.15) is 39.5 Å². The molecule has 104 valence electrons. The van der Waals surface area contributed by atoms with Gasteiger partial charge >= 0.3 is 0 Å². The summed E-state index contributed by atoms with van der Waals surface area (Å²) in [5.41, 5.74) is 4.44. The third-order valence-corrected chi connectivity index (χ3v) is 4.05. The van der Waals surface area contributed by atoms with Crippen molar-refractivity contribution in [2.24, 2.45) is 5.92 Å². The summed E-state index contributed by atoms with van der Waals surface area (Å²) in [4.78, 5) is 0. The first-order chi connectivity index (χ1) is 9.15. The molecule has 0 spiro atoms. The average molecular weight is 260 g/mol. The van der Waals surface area contributed by atoms with Crippen molar-refractivity contribution < 1.29 is 9.84 Å². The quantitative estimate of drug-likeness (QED) is 0.777. The van der Waals surface area contributed by atoms with E-state index in [2.05, 4.69) is 19.6 Å². The zero-order chi connectivity index (χ0) is 13.8. The van der Waals surface area contributed by atoms with E-state index < -0.39 is 6.29 Å². The third kappa shape index (κ3) is 3.26. The van der Waals surface area contributed by atoms with Gasteiger partial charge in [0.25, 0.3) is 0 Å². The third-order valence-electron chi connectivity index (χ3n) is 4.05. The van der Waals surface area contributed by atoms with Gasteiger partial charge in [0, 0.05) is 12.2 Å². The minimum Gasteiger partial charge on any atom is -0.364 e. The van der Waals surface area contributed by atoms with E-state index in [1.807, 2.05) is 19.1 Å². The molecule has 0 saturated heterocycles. The van der Waals surface area contributed by atoms with Gasteiger partial charge in [-0.15, -0.1) is 0 Å². The van der Waals surface area contributed by atoms with Crippen LogP contribution in [0, 0.1) is 5.92 Å². The normalized spacial score (nSPS) is 24.9. The average Bonchev–Trinajstić information content (AvgIpc) is 2.58. The first-order valence-electron chi connectivity index (χ1n) is 7.26. The first-order valence-corrected chi connectivity index (χ1v) is 7.26. The summed E-state index contributed by atoms with van der Waals surface area (Å²) in [5, 5.41) is 10.2. The Morgan fingerprint density at radius 3 is 2.89 bits per heavy atom. The summed E-state index contributed by atoms with van der Waals surface area (Å²) in [6, 6.07) is 0. The Balaban J connectivity index is 2.33. The molecule has 2 nitrogen and oxygen atoms in total. The van der Waals surface area contributed by atoms with E-state index in [-0.39, 0.29) is 0 Å². The summed E-state index contributed by atoms with van der Waals surface area (Å²) >= 11 is 0. The molecule has 2 aliphatic rings. The molecule has 2 heteroatoms. The van der Waals surface area contributed by atoms with Crippen molar-refractivity contribution in [1.82, 2.24) is 0 Å². The maximum absolute atomic E-state index is 10.2. The number of hydrogen-bond acceptors (Lipinski definition) is 2. The molecule has 0 saturated carbocycles. The Morgan fingerprint density at radius 1 is 1.42 bits per heavy atom. The fraction of sp³-hybridized carbons (Fsp3) is 0.529. The lowest BCUT2D eigenvalue weighted by Gasteiger charge is -2.27. The van der Waals surface area contributed by atoms with Crippen molar-refractivity contribution in [3.8, 4) is 0 Å². The maximum atomic E-state index is 10.2. The lowest BCUT2D eigenvalue weighted by atomic mass is 9.80. The first kappa shape index (κ1) is 14.3. The zero-order valence-corrected chi connectivity index (χ0v) is 12.0. The van der Waals surface area contributed by atoms with Crippen LogP contribution in [0.25, 0.3) is 0 Å². The van der Waals surface area contributed by atoms with Gasteiger partial charge in [-0.25, -0.2) is 0 Å². The van der Waals surface area contributed by atoms with Gasteiger partial charge in [-0.2, -0.15) is 0 Å². The molecular weight excluding hydrogens is 236 g/mol. The predicted octanol–water partition coefficient (Wildman–Crippen LogP) is 3.90. The fourth-order valence-corrected chi connectivity index (χ4v) is 2.90. The Morgan fingerprint density at radius 2 is 2.21 bits per heavy atom. The van der Waals surface area contributed by atoms with Crippen LogP contribution in [-0.4, -0.2) is 18.0 Å². The van der Waals surface area contributed by atoms with E-state index >= 15 is 0 Å². The Bertz CT molecular complexity index is 440. The highest BCUT2D eigenvalue weighted by Gasteiger charge is 2.25. The van der Waals surface area contributed by atoms with Gasteiger partial charge in [-0.1, -0.05) is 32.1 Å². The largest absolute Gasteiger partial charge is 0.364 e. The number of allylic oxidation sites excluding steroid dienone is 5. The second-order valence-electron chi connectivity index (χ2n) is 5.34. The monoisotopic (exact) mass is 260 g/mol. The number of aliphatic hydroxyl groups is 1. The molecule has 2 rings (SSSR count). The van der Waals surface area contributed by atoms with Gasteiger partial charge in [0.05, 0.1) is 0 Å². The summed E-state index contributed by atoms with van der Waals surface area (Å²) < 4.78 is 5.37. The SMILES string of the molecule is C=C1C=CC2=C(CCC(CC)C2)C(C(O)OCC)=C1. The number of ether oxygens (including phenoxy) is 1. The summed E-state index contributed by atoms with van der Waals surface area (Å²) in [5.74, 6) is 0.764. The summed E-state index contributed by atoms with van der Waals surface area (Å²) in [6.07, 6.45) is 9.90. The van der Waals surface area contributed by atoms with Crippen LogP contribution in [-0.2, 0) is 4.74 Å². The van der Waals surface area contributed by atoms with E-state index in [1.165, 1.54) is 24.0 Å². The molecule has 0 aliphatic heterocycles. The fourth-order valence-electron chi connectivity index (χ4n) is 2.90. The van der Waals surface area contributed by atoms with Crippen molar-refractivity contribution in [2.75, 3.05) is 6.61 Å². The smallest absolute Gasteiger partial charge is 0.181 e. The van der Waals surface area contributed by atoms with Crippen molar-refractivity contribution in [2.45, 2.75) is 45.8 Å². The Kier molecular flexibility index (Phi) is 4.78. The minimum atomic E-state index is -0.829. The maximum Gasteiger partial charge on any atom is 0.181 e. The van der Waals surface area contributed by atoms with Crippen LogP contribution >= 0.6 is 0 Å². The Hall–Kier alpha value is -1.12. The molecule has 2 unspecified atom stereocenters. The van der Waals surface area contributed by atoms with Crippen LogP contribution in [0.3, 0.4) is 0 Å². The molecule has 2 atom stereocenters. The van der Waals surface area contributed by atoms with Gasteiger partial charge in [-0.3, -0.25) is 0 Å². The number of hydrogen-bond donors (Lipinski definition) is 1. The Labute approximate surface area is 116 Å². The standard InChI is InChI=1S/C17H24O2/c1-4-13-7-9-15-14(11-13)8-6-12(3)10-16(15)17(18)19-5-2/h6,8,10,13,17-18H,3-5,7,9,11H2,1-2H3. The van der Waals surface area contributed by atoms with E-state index in [0.29, 0.717) is 6.61 Å². The van der Waals surface area contributed by atoms with Crippen LogP contribution in [0.4, 0.5) is 0 Å². The summed E-state index contributed by atoms with van der Waals surface area (Å²) in [6.45, 7) is 8.67. The number of aliphatic hydroxyl groups excluding tert-OH is 1. The van der Waals surface area contributed by atoms with Crippen molar-refractivity contribution in [1.29, 1.82) is 0 Å². The lowest BCUT2D eigenvalue weighted by molar-refractivity contribution is -0.0658. The van der Waals surface area contributed by atoms with E-state index in [4.69, 9.17) is 4.74 Å². The highest BCUT2D eigenvalue weighted by molar-refractivity contribution is 5.51. The summed E-state index contributed by atoms with van der Waals surface area (Å²) in [7, 11) is 0. The van der Waals surface area contributed by atoms with Gasteiger partial charge in [0.15, 0.2) is 6.29 Å². The molecule has 0 fully saturated rings. The molecule has 2 aliphatic carbocycles. The van der Waals surface area contributed by atoms with E-state index in [1.54, 1.807) is 0 Å². The van der Waals surface area contributed by atoms with E-state index in [9.17, 15) is 5.11 Å². The molecule has 0 aromatic rings. The van der Waals surface area contributed by atoms with Gasteiger partial charge < -0.3 is 9.84 Å². The molecule has 0 amide bonds. The molecule has 1 N–H and O–H groups in total. The molecule has 0 aromatic heterocycles. The van der Waals surface area contributed by atoms with Crippen LogP contribution in [0.2, 0.25) is 0 Å². The van der Waals surface area contributed by atoms with Crippen LogP contribution in [0.5, 0.6) is 0 Å². The predicted molar refractivity (Wildman–Crippen MR) is 78.7 cm³/mol. The van der Waals surface area contributed by atoms with Crippen LogP contribution < -0.4 is 0 Å². The highest BCUT2D eigenvalue weighted by Crippen LogP contribution is 2.38. The number of rotatable bonds is 4. The van der Waals surface area contributed by atoms with Gasteiger partial charge in [-0.05, 0) is 54.9 Å².